The molecule has 1 aliphatic heterocycles. The maximum absolute atomic E-state index is 12.4. The van der Waals surface area contributed by atoms with Crippen molar-refractivity contribution >= 4 is 51.9 Å². The van der Waals surface area contributed by atoms with Crippen LogP contribution in [0.4, 0.5) is 30.8 Å². The van der Waals surface area contributed by atoms with Gasteiger partial charge in [-0.05, 0) is 12.8 Å². The Bertz CT molecular complexity index is 1080. The fraction of sp³-hybridized carbons (Fsp3) is 0.389. The van der Waals surface area contributed by atoms with Gasteiger partial charge in [-0.2, -0.15) is 4.98 Å². The lowest BCUT2D eigenvalue weighted by molar-refractivity contribution is -0.274. The minimum atomic E-state index is -4.85. The van der Waals surface area contributed by atoms with E-state index >= 15 is 0 Å². The highest BCUT2D eigenvalue weighted by Gasteiger charge is 2.31. The van der Waals surface area contributed by atoms with Crippen LogP contribution in [-0.4, -0.2) is 45.1 Å². The van der Waals surface area contributed by atoms with Gasteiger partial charge in [0.1, 0.15) is 11.3 Å². The smallest absolute Gasteiger partial charge is 0.406 e. The molecule has 2 N–H and O–H groups in total. The largest absolute Gasteiger partial charge is 0.573 e. The summed E-state index contributed by atoms with van der Waals surface area (Å²) in [5.41, 5.74) is 1.26. The molecule has 0 radical (unpaired) electrons. The van der Waals surface area contributed by atoms with Gasteiger partial charge in [0, 0.05) is 38.4 Å². The Morgan fingerprint density at radius 1 is 1.16 bits per heavy atom. The predicted octanol–water partition coefficient (Wildman–Crippen LogP) is 4.90. The standard InChI is InChI=1S/C18H17Cl2F3N6O2/c1-29-15-13(8-24-16(28-15)25-9-2-4-30-5-3-9)26-17(29)27-14-11(19)6-10(7-12(14)20)31-18(21,22)23/h6-9H,2-5H2,1H3,(H,26,27)(H,24,25,28). The normalized spacial score (nSPS) is 15.3. The van der Waals surface area contributed by atoms with Crippen LogP contribution in [0.5, 0.6) is 5.75 Å². The number of hydrogen-bond acceptors (Lipinski definition) is 7. The second kappa shape index (κ2) is 8.56. The molecular formula is C18H17Cl2F3N6O2. The van der Waals surface area contributed by atoms with Crippen molar-refractivity contribution in [1.29, 1.82) is 0 Å². The van der Waals surface area contributed by atoms with Crippen LogP contribution in [0.25, 0.3) is 11.2 Å². The third kappa shape index (κ3) is 5.05. The van der Waals surface area contributed by atoms with E-state index in [0.717, 1.165) is 25.0 Å². The molecule has 1 saturated heterocycles. The van der Waals surface area contributed by atoms with Crippen LogP contribution in [0.15, 0.2) is 18.3 Å². The number of hydrogen-bond donors (Lipinski definition) is 2. The van der Waals surface area contributed by atoms with E-state index in [9.17, 15) is 13.2 Å². The van der Waals surface area contributed by atoms with Gasteiger partial charge < -0.3 is 20.1 Å². The van der Waals surface area contributed by atoms with Gasteiger partial charge in [-0.15, -0.1) is 13.2 Å². The van der Waals surface area contributed by atoms with Crippen molar-refractivity contribution in [3.63, 3.8) is 0 Å². The number of nitrogens with one attached hydrogen (secondary N) is 2. The molecule has 0 amide bonds. The van der Waals surface area contributed by atoms with Crippen LogP contribution in [0, 0.1) is 0 Å². The number of anilines is 3. The first-order valence-electron chi connectivity index (χ1n) is 9.25. The van der Waals surface area contributed by atoms with Gasteiger partial charge in [0.2, 0.25) is 11.9 Å². The Kier molecular flexibility index (Phi) is 6.00. The number of ether oxygens (including phenoxy) is 2. The Morgan fingerprint density at radius 3 is 2.48 bits per heavy atom. The molecule has 0 saturated carbocycles. The van der Waals surface area contributed by atoms with Crippen molar-refractivity contribution < 1.29 is 22.6 Å². The van der Waals surface area contributed by atoms with Gasteiger partial charge in [0.05, 0.1) is 21.9 Å². The van der Waals surface area contributed by atoms with Crippen molar-refractivity contribution in [3.05, 3.63) is 28.4 Å². The number of imidazole rings is 1. The summed E-state index contributed by atoms with van der Waals surface area (Å²) in [7, 11) is 1.73. The SMILES string of the molecule is Cn1c(Nc2c(Cl)cc(OC(F)(F)F)cc2Cl)nc2cnc(NC3CCOCC3)nc21. The van der Waals surface area contributed by atoms with Gasteiger partial charge in [0.15, 0.2) is 5.65 Å². The molecule has 1 aromatic carbocycles. The quantitative estimate of drug-likeness (QED) is 0.541. The monoisotopic (exact) mass is 476 g/mol. The maximum atomic E-state index is 12.4. The molecular weight excluding hydrogens is 460 g/mol. The van der Waals surface area contributed by atoms with E-state index in [1.807, 2.05) is 0 Å². The van der Waals surface area contributed by atoms with Gasteiger partial charge in [-0.3, -0.25) is 4.57 Å². The number of aryl methyl sites for hydroxylation is 1. The van der Waals surface area contributed by atoms with E-state index in [-0.39, 0.29) is 21.8 Å². The fourth-order valence-electron chi connectivity index (χ4n) is 3.16. The van der Waals surface area contributed by atoms with Crippen LogP contribution in [0.2, 0.25) is 10.0 Å². The van der Waals surface area contributed by atoms with Crippen molar-refractivity contribution in [2.24, 2.45) is 7.05 Å². The minimum Gasteiger partial charge on any atom is -0.406 e. The number of benzene rings is 1. The summed E-state index contributed by atoms with van der Waals surface area (Å²) in [5.74, 6) is 0.284. The lowest BCUT2D eigenvalue weighted by atomic mass is 10.1. The summed E-state index contributed by atoms with van der Waals surface area (Å²) in [5, 5.41) is 6.10. The summed E-state index contributed by atoms with van der Waals surface area (Å²) in [6.45, 7) is 1.38. The highest BCUT2D eigenvalue weighted by Crippen LogP contribution is 2.38. The van der Waals surface area contributed by atoms with Gasteiger partial charge in [0.25, 0.3) is 0 Å². The molecule has 13 heteroatoms. The van der Waals surface area contributed by atoms with Gasteiger partial charge >= 0.3 is 6.36 Å². The molecule has 4 rings (SSSR count). The summed E-state index contributed by atoms with van der Waals surface area (Å²) in [6.07, 6.45) is -1.54. The van der Waals surface area contributed by atoms with E-state index in [2.05, 4.69) is 30.3 Å². The van der Waals surface area contributed by atoms with Crippen molar-refractivity contribution in [2.45, 2.75) is 25.2 Å². The average molecular weight is 477 g/mol. The van der Waals surface area contributed by atoms with Crippen LogP contribution in [-0.2, 0) is 11.8 Å². The Balaban J connectivity index is 1.58. The average Bonchev–Trinajstić information content (AvgIpc) is 3.00. The Hall–Kier alpha value is -2.50. The molecule has 0 unspecified atom stereocenters. The molecule has 1 aliphatic rings. The highest BCUT2D eigenvalue weighted by molar-refractivity contribution is 6.39. The highest BCUT2D eigenvalue weighted by atomic mass is 35.5. The number of rotatable bonds is 5. The number of aromatic nitrogens is 4. The third-order valence-electron chi connectivity index (χ3n) is 4.65. The van der Waals surface area contributed by atoms with Crippen LogP contribution in [0.3, 0.4) is 0 Å². The van der Waals surface area contributed by atoms with E-state index in [1.54, 1.807) is 17.8 Å². The molecule has 0 atom stereocenters. The summed E-state index contributed by atoms with van der Waals surface area (Å²) >= 11 is 12.2. The van der Waals surface area contributed by atoms with E-state index < -0.39 is 12.1 Å². The third-order valence-corrected chi connectivity index (χ3v) is 5.25. The molecule has 0 aliphatic carbocycles. The van der Waals surface area contributed by atoms with Gasteiger partial charge in [-0.25, -0.2) is 9.97 Å². The lowest BCUT2D eigenvalue weighted by Crippen LogP contribution is -2.28. The Morgan fingerprint density at radius 2 is 1.84 bits per heavy atom. The predicted molar refractivity (Wildman–Crippen MR) is 110 cm³/mol. The van der Waals surface area contributed by atoms with E-state index in [4.69, 9.17) is 27.9 Å². The molecule has 8 nitrogen and oxygen atoms in total. The molecule has 3 heterocycles. The van der Waals surface area contributed by atoms with E-state index in [0.29, 0.717) is 36.3 Å². The first kappa shape index (κ1) is 21.7. The van der Waals surface area contributed by atoms with Crippen molar-refractivity contribution in [1.82, 2.24) is 19.5 Å². The van der Waals surface area contributed by atoms with Crippen molar-refractivity contribution in [2.75, 3.05) is 23.8 Å². The van der Waals surface area contributed by atoms with Crippen LogP contribution in [0.1, 0.15) is 12.8 Å². The first-order chi connectivity index (χ1) is 14.7. The number of alkyl halides is 3. The summed E-state index contributed by atoms with van der Waals surface area (Å²) in [4.78, 5) is 13.2. The molecule has 0 bridgehead atoms. The van der Waals surface area contributed by atoms with Crippen LogP contribution < -0.4 is 15.4 Å². The zero-order valence-electron chi connectivity index (χ0n) is 16.1. The number of nitrogens with zero attached hydrogens (tertiary/aromatic N) is 4. The molecule has 166 valence electrons. The van der Waals surface area contributed by atoms with Gasteiger partial charge in [-0.1, -0.05) is 23.2 Å². The first-order valence-corrected chi connectivity index (χ1v) is 10.0. The van der Waals surface area contributed by atoms with Crippen molar-refractivity contribution in [3.8, 4) is 5.75 Å². The minimum absolute atomic E-state index is 0.0632. The molecule has 3 aromatic rings. The zero-order chi connectivity index (χ0) is 22.2. The zero-order valence-corrected chi connectivity index (χ0v) is 17.6. The number of fused-ring (bicyclic) bond motifs is 1. The number of halogens is 5. The second-order valence-corrected chi connectivity index (χ2v) is 7.68. The van der Waals surface area contributed by atoms with Crippen LogP contribution >= 0.6 is 23.2 Å². The maximum Gasteiger partial charge on any atom is 0.573 e. The lowest BCUT2D eigenvalue weighted by Gasteiger charge is -2.22. The van der Waals surface area contributed by atoms with E-state index in [1.165, 1.54) is 0 Å². The second-order valence-electron chi connectivity index (χ2n) is 6.86. The molecule has 1 fully saturated rings. The fourth-order valence-corrected chi connectivity index (χ4v) is 3.72. The molecule has 2 aromatic heterocycles. The molecule has 31 heavy (non-hydrogen) atoms. The molecule has 0 spiro atoms. The Labute approximate surface area is 184 Å². The summed E-state index contributed by atoms with van der Waals surface area (Å²) < 4.78 is 48.2. The summed E-state index contributed by atoms with van der Waals surface area (Å²) in [6, 6.07) is 2.26. The topological polar surface area (TPSA) is 86.1 Å².